The fourth-order valence-electron chi connectivity index (χ4n) is 2.67. The zero-order valence-corrected chi connectivity index (χ0v) is 15.2. The Morgan fingerprint density at radius 1 is 0.964 bits per heavy atom. The first kappa shape index (κ1) is 19.0. The van der Waals surface area contributed by atoms with Crippen LogP contribution in [-0.2, 0) is 11.3 Å². The number of carbonyl (C=O) groups is 1. The van der Waals surface area contributed by atoms with Gasteiger partial charge in [-0.25, -0.2) is 4.79 Å². The van der Waals surface area contributed by atoms with E-state index in [9.17, 15) is 14.9 Å². The first-order chi connectivity index (χ1) is 13.5. The van der Waals surface area contributed by atoms with Crippen LogP contribution in [0.15, 0.2) is 84.0 Å². The maximum absolute atomic E-state index is 12.3. The molecule has 0 unspecified atom stereocenters. The van der Waals surface area contributed by atoms with Crippen LogP contribution in [0.1, 0.15) is 27.0 Å². The topological polar surface area (TPSA) is 81.8 Å². The highest BCUT2D eigenvalue weighted by molar-refractivity contribution is 6.02. The Hall–Kier alpha value is -3.80. The van der Waals surface area contributed by atoms with Crippen LogP contribution in [0.25, 0.3) is 0 Å². The van der Waals surface area contributed by atoms with Gasteiger partial charge >= 0.3 is 5.97 Å². The summed E-state index contributed by atoms with van der Waals surface area (Å²) in [5.74, 6) is -0.541. The van der Waals surface area contributed by atoms with Crippen LogP contribution in [0.3, 0.4) is 0 Å². The molecule has 0 aliphatic carbocycles. The van der Waals surface area contributed by atoms with Crippen molar-refractivity contribution < 1.29 is 14.6 Å². The van der Waals surface area contributed by atoms with Gasteiger partial charge in [-0.1, -0.05) is 65.3 Å². The van der Waals surface area contributed by atoms with Crippen LogP contribution in [0.2, 0.25) is 0 Å². The molecule has 0 fully saturated rings. The van der Waals surface area contributed by atoms with E-state index in [2.05, 4.69) is 5.16 Å². The molecule has 0 aliphatic heterocycles. The molecule has 0 atom stereocenters. The summed E-state index contributed by atoms with van der Waals surface area (Å²) < 4.78 is 0. The van der Waals surface area contributed by atoms with E-state index in [4.69, 9.17) is 4.84 Å². The largest absolute Gasteiger partial charge is 0.365 e. The molecule has 0 aliphatic rings. The summed E-state index contributed by atoms with van der Waals surface area (Å²) in [6.45, 7) is 1.89. The molecule has 3 aromatic carbocycles. The normalized spacial score (nSPS) is 11.1. The van der Waals surface area contributed by atoms with Crippen molar-refractivity contribution in [2.24, 2.45) is 5.16 Å². The minimum absolute atomic E-state index is 0.0211. The summed E-state index contributed by atoms with van der Waals surface area (Å²) in [5, 5.41) is 14.9. The third kappa shape index (κ3) is 4.88. The Kier molecular flexibility index (Phi) is 5.91. The minimum atomic E-state index is -0.541. The predicted octanol–water partition coefficient (Wildman–Crippen LogP) is 4.71. The van der Waals surface area contributed by atoms with Crippen LogP contribution < -0.4 is 0 Å². The highest BCUT2D eigenvalue weighted by Crippen LogP contribution is 2.15. The second-order valence-electron chi connectivity index (χ2n) is 6.25. The second kappa shape index (κ2) is 8.73. The Morgan fingerprint density at radius 3 is 2.29 bits per heavy atom. The number of carbonyl (C=O) groups excluding carboxylic acids is 1. The molecule has 0 spiro atoms. The second-order valence-corrected chi connectivity index (χ2v) is 6.25. The van der Waals surface area contributed by atoms with Gasteiger partial charge in [-0.3, -0.25) is 10.1 Å². The van der Waals surface area contributed by atoms with E-state index >= 15 is 0 Å². The molecule has 0 radical (unpaired) electrons. The molecule has 6 heteroatoms. The molecular formula is C22H18N2O4. The van der Waals surface area contributed by atoms with Crippen LogP contribution in [-0.4, -0.2) is 16.6 Å². The molecule has 0 amide bonds. The molecule has 0 saturated heterocycles. The van der Waals surface area contributed by atoms with Crippen molar-refractivity contribution in [3.63, 3.8) is 0 Å². The van der Waals surface area contributed by atoms with E-state index in [0.29, 0.717) is 17.7 Å². The van der Waals surface area contributed by atoms with Gasteiger partial charge in [0.1, 0.15) is 0 Å². The number of rotatable bonds is 6. The maximum Gasteiger partial charge on any atom is 0.365 e. The smallest absolute Gasteiger partial charge is 0.313 e. The first-order valence-electron chi connectivity index (χ1n) is 8.66. The van der Waals surface area contributed by atoms with Gasteiger partial charge in [0.25, 0.3) is 5.69 Å². The Balaban J connectivity index is 1.83. The lowest BCUT2D eigenvalue weighted by molar-refractivity contribution is -0.384. The minimum Gasteiger partial charge on any atom is -0.313 e. The van der Waals surface area contributed by atoms with E-state index in [-0.39, 0.29) is 5.69 Å². The number of non-ortho nitro benzene ring substituents is 1. The van der Waals surface area contributed by atoms with E-state index in [1.165, 1.54) is 12.1 Å². The molecule has 3 aromatic rings. The van der Waals surface area contributed by atoms with Crippen LogP contribution >= 0.6 is 0 Å². The molecule has 0 N–H and O–H groups in total. The molecule has 28 heavy (non-hydrogen) atoms. The Morgan fingerprint density at radius 2 is 1.64 bits per heavy atom. The third-order valence-electron chi connectivity index (χ3n) is 4.12. The monoisotopic (exact) mass is 374 g/mol. The van der Waals surface area contributed by atoms with E-state index in [1.54, 1.807) is 30.3 Å². The van der Waals surface area contributed by atoms with Crippen molar-refractivity contribution in [2.75, 3.05) is 0 Å². The summed E-state index contributed by atoms with van der Waals surface area (Å²) in [4.78, 5) is 27.8. The molecule has 0 heterocycles. The van der Waals surface area contributed by atoms with Crippen LogP contribution in [0, 0.1) is 17.0 Å². The standard InChI is InChI=1S/C22H18N2O4/c1-16-6-5-9-19(14-16)22(25)28-23-21(18-7-3-2-4-8-18)15-17-10-12-20(13-11-17)24(26)27/h2-14H,15H2,1H3/b23-21+. The number of nitro groups is 1. The summed E-state index contributed by atoms with van der Waals surface area (Å²) >= 11 is 0. The number of benzene rings is 3. The van der Waals surface area contributed by atoms with Crippen molar-refractivity contribution in [3.05, 3.63) is 111 Å². The summed E-state index contributed by atoms with van der Waals surface area (Å²) in [7, 11) is 0. The molecule has 140 valence electrons. The first-order valence-corrected chi connectivity index (χ1v) is 8.66. The van der Waals surface area contributed by atoms with Gasteiger partial charge in [0.2, 0.25) is 0 Å². The molecule has 3 rings (SSSR count). The number of nitro benzene ring substituents is 1. The van der Waals surface area contributed by atoms with E-state index in [0.717, 1.165) is 16.7 Å². The average Bonchev–Trinajstić information content (AvgIpc) is 2.72. The van der Waals surface area contributed by atoms with Crippen LogP contribution in [0.5, 0.6) is 0 Å². The lowest BCUT2D eigenvalue weighted by atomic mass is 10.0. The van der Waals surface area contributed by atoms with Gasteiger partial charge in [-0.15, -0.1) is 0 Å². The molecule has 0 bridgehead atoms. The van der Waals surface area contributed by atoms with Gasteiger partial charge in [0.05, 0.1) is 16.2 Å². The van der Waals surface area contributed by atoms with Crippen molar-refractivity contribution in [1.82, 2.24) is 0 Å². The zero-order chi connectivity index (χ0) is 19.9. The molecule has 6 nitrogen and oxygen atoms in total. The summed E-state index contributed by atoms with van der Waals surface area (Å²) in [6, 6.07) is 22.6. The highest BCUT2D eigenvalue weighted by atomic mass is 16.7. The number of hydrogen-bond donors (Lipinski definition) is 0. The number of hydrogen-bond acceptors (Lipinski definition) is 5. The summed E-state index contributed by atoms with van der Waals surface area (Å²) in [6.07, 6.45) is 0.364. The highest BCUT2D eigenvalue weighted by Gasteiger charge is 2.12. The van der Waals surface area contributed by atoms with Gasteiger partial charge < -0.3 is 4.84 Å². The fraction of sp³-hybridized carbons (Fsp3) is 0.0909. The van der Waals surface area contributed by atoms with Crippen molar-refractivity contribution in [3.8, 4) is 0 Å². The molecule has 0 aromatic heterocycles. The lowest BCUT2D eigenvalue weighted by Gasteiger charge is -2.07. The number of oxime groups is 1. The van der Waals surface area contributed by atoms with Crippen molar-refractivity contribution >= 4 is 17.4 Å². The van der Waals surface area contributed by atoms with E-state index in [1.807, 2.05) is 43.3 Å². The van der Waals surface area contributed by atoms with Crippen LogP contribution in [0.4, 0.5) is 5.69 Å². The van der Waals surface area contributed by atoms with E-state index < -0.39 is 10.9 Å². The Bertz CT molecular complexity index is 1010. The maximum atomic E-state index is 12.3. The summed E-state index contributed by atoms with van der Waals surface area (Å²) in [5.41, 5.74) is 3.57. The molecule has 0 saturated carbocycles. The number of aryl methyl sites for hydroxylation is 1. The van der Waals surface area contributed by atoms with Gasteiger partial charge in [-0.2, -0.15) is 0 Å². The van der Waals surface area contributed by atoms with Crippen molar-refractivity contribution in [1.29, 1.82) is 0 Å². The number of nitrogens with zero attached hydrogens (tertiary/aromatic N) is 2. The van der Waals surface area contributed by atoms with Crippen molar-refractivity contribution in [2.45, 2.75) is 13.3 Å². The van der Waals surface area contributed by atoms with Gasteiger partial charge in [0.15, 0.2) is 0 Å². The quantitative estimate of drug-likeness (QED) is 0.271. The Labute approximate surface area is 162 Å². The lowest BCUT2D eigenvalue weighted by Crippen LogP contribution is -2.09. The van der Waals surface area contributed by atoms with Gasteiger partial charge in [-0.05, 0) is 30.2 Å². The average molecular weight is 374 g/mol. The zero-order valence-electron chi connectivity index (χ0n) is 15.2. The fourth-order valence-corrected chi connectivity index (χ4v) is 2.67. The van der Waals surface area contributed by atoms with Gasteiger partial charge in [0, 0.05) is 18.6 Å². The SMILES string of the molecule is Cc1cccc(C(=O)O/N=C(\Cc2ccc([N+](=O)[O-])cc2)c2ccccc2)c1. The predicted molar refractivity (Wildman–Crippen MR) is 106 cm³/mol. The molecular weight excluding hydrogens is 356 g/mol. The third-order valence-corrected chi connectivity index (χ3v) is 4.12.